The molecule has 0 aliphatic rings. The fourth-order valence-electron chi connectivity index (χ4n) is 2.98. The first-order valence-electron chi connectivity index (χ1n) is 9.22. The van der Waals surface area contributed by atoms with Gasteiger partial charge in [-0.25, -0.2) is 15.0 Å². The van der Waals surface area contributed by atoms with Gasteiger partial charge >= 0.3 is 0 Å². The molecule has 0 bridgehead atoms. The number of pyridine rings is 1. The zero-order valence-electron chi connectivity index (χ0n) is 16.9. The average molecular weight is 358 g/mol. The van der Waals surface area contributed by atoms with E-state index in [0.717, 1.165) is 47.5 Å². The molecule has 0 aliphatic heterocycles. The molecule has 2 rings (SSSR count). The van der Waals surface area contributed by atoms with Gasteiger partial charge in [-0.1, -0.05) is 20.8 Å². The van der Waals surface area contributed by atoms with Crippen LogP contribution in [-0.2, 0) is 6.42 Å². The third-order valence-electron chi connectivity index (χ3n) is 4.64. The summed E-state index contributed by atoms with van der Waals surface area (Å²) >= 11 is 0. The number of nitrogens with one attached hydrogen (secondary N) is 1. The van der Waals surface area contributed by atoms with E-state index in [1.54, 1.807) is 14.2 Å². The van der Waals surface area contributed by atoms with Crippen LogP contribution in [0.4, 0.5) is 5.82 Å². The summed E-state index contributed by atoms with van der Waals surface area (Å²) in [6.07, 6.45) is 2.87. The van der Waals surface area contributed by atoms with Crippen LogP contribution < -0.4 is 14.8 Å². The van der Waals surface area contributed by atoms with Crippen molar-refractivity contribution in [1.82, 2.24) is 15.0 Å². The molecule has 0 aromatic carbocycles. The van der Waals surface area contributed by atoms with Gasteiger partial charge in [0.05, 0.1) is 31.3 Å². The summed E-state index contributed by atoms with van der Waals surface area (Å²) in [5, 5.41) is 3.44. The van der Waals surface area contributed by atoms with Crippen LogP contribution in [0.15, 0.2) is 6.07 Å². The number of aryl methyl sites for hydroxylation is 3. The number of anilines is 1. The van der Waals surface area contributed by atoms with Crippen molar-refractivity contribution in [3.8, 4) is 23.0 Å². The molecule has 0 atom stereocenters. The Hall–Kier alpha value is -2.37. The maximum absolute atomic E-state index is 5.51. The highest BCUT2D eigenvalue weighted by Crippen LogP contribution is 2.32. The molecule has 2 aromatic rings. The molecule has 26 heavy (non-hydrogen) atoms. The highest BCUT2D eigenvalue weighted by atomic mass is 16.5. The molecule has 0 unspecified atom stereocenters. The van der Waals surface area contributed by atoms with Gasteiger partial charge in [0, 0.05) is 17.2 Å². The maximum Gasteiger partial charge on any atom is 0.257 e. The first-order chi connectivity index (χ1) is 12.5. The zero-order chi connectivity index (χ0) is 19.3. The molecule has 2 aromatic heterocycles. The van der Waals surface area contributed by atoms with Crippen molar-refractivity contribution >= 4 is 5.82 Å². The van der Waals surface area contributed by atoms with Crippen molar-refractivity contribution in [2.45, 2.75) is 59.9 Å². The molecule has 6 nitrogen and oxygen atoms in total. The maximum atomic E-state index is 5.51. The number of methoxy groups -OCH3 is 2. The normalized spacial score (nSPS) is 10.9. The van der Waals surface area contributed by atoms with Crippen LogP contribution in [0.25, 0.3) is 11.3 Å². The summed E-state index contributed by atoms with van der Waals surface area (Å²) in [5.74, 6) is 1.86. The lowest BCUT2D eigenvalue weighted by molar-refractivity contribution is 0.392. The Morgan fingerprint density at radius 1 is 0.923 bits per heavy atom. The van der Waals surface area contributed by atoms with Crippen molar-refractivity contribution in [1.29, 1.82) is 0 Å². The molecule has 2 heterocycles. The van der Waals surface area contributed by atoms with Crippen molar-refractivity contribution in [3.63, 3.8) is 0 Å². The van der Waals surface area contributed by atoms with Crippen molar-refractivity contribution in [2.75, 3.05) is 19.5 Å². The van der Waals surface area contributed by atoms with E-state index < -0.39 is 0 Å². The highest BCUT2D eigenvalue weighted by Gasteiger charge is 2.18. The van der Waals surface area contributed by atoms with Gasteiger partial charge in [0.25, 0.3) is 5.88 Å². The first kappa shape index (κ1) is 19.9. The monoisotopic (exact) mass is 358 g/mol. The van der Waals surface area contributed by atoms with Crippen LogP contribution >= 0.6 is 0 Å². The van der Waals surface area contributed by atoms with Gasteiger partial charge in [-0.15, -0.1) is 0 Å². The minimum Gasteiger partial charge on any atom is -0.481 e. The fraction of sp³-hybridized carbons (Fsp3) is 0.550. The second-order valence-electron chi connectivity index (χ2n) is 6.32. The van der Waals surface area contributed by atoms with Gasteiger partial charge in [-0.3, -0.25) is 0 Å². The van der Waals surface area contributed by atoms with E-state index in [1.165, 1.54) is 0 Å². The summed E-state index contributed by atoms with van der Waals surface area (Å²) in [4.78, 5) is 14.1. The number of hydrogen-bond acceptors (Lipinski definition) is 6. The average Bonchev–Trinajstić information content (AvgIpc) is 2.66. The Bertz CT molecular complexity index is 758. The van der Waals surface area contributed by atoms with Gasteiger partial charge in [0.2, 0.25) is 5.88 Å². The number of aromatic nitrogens is 3. The van der Waals surface area contributed by atoms with Gasteiger partial charge in [-0.2, -0.15) is 0 Å². The molecule has 0 amide bonds. The predicted octanol–water partition coefficient (Wildman–Crippen LogP) is 4.34. The smallest absolute Gasteiger partial charge is 0.257 e. The molecule has 0 saturated carbocycles. The number of rotatable bonds is 8. The van der Waals surface area contributed by atoms with Crippen molar-refractivity contribution in [3.05, 3.63) is 23.0 Å². The Morgan fingerprint density at radius 3 is 2.12 bits per heavy atom. The van der Waals surface area contributed by atoms with E-state index in [9.17, 15) is 0 Å². The van der Waals surface area contributed by atoms with E-state index in [1.807, 2.05) is 13.8 Å². The molecule has 0 saturated heterocycles. The summed E-state index contributed by atoms with van der Waals surface area (Å²) in [7, 11) is 3.27. The van der Waals surface area contributed by atoms with Crippen molar-refractivity contribution in [2.24, 2.45) is 0 Å². The number of hydrogen-bond donors (Lipinski definition) is 1. The SMILES string of the molecule is CCc1cc(-c2nc(OC)c(NC(CC)CC)nc2C)c(C)nc1OC. The van der Waals surface area contributed by atoms with E-state index in [4.69, 9.17) is 19.4 Å². The molecule has 0 aliphatic carbocycles. The second-order valence-corrected chi connectivity index (χ2v) is 6.32. The lowest BCUT2D eigenvalue weighted by Crippen LogP contribution is -2.19. The third-order valence-corrected chi connectivity index (χ3v) is 4.64. The Labute approximate surface area is 156 Å². The molecule has 0 spiro atoms. The van der Waals surface area contributed by atoms with Crippen molar-refractivity contribution < 1.29 is 9.47 Å². The molecule has 6 heteroatoms. The lowest BCUT2D eigenvalue weighted by atomic mass is 10.0. The Kier molecular flexibility index (Phi) is 6.77. The summed E-state index contributed by atoms with van der Waals surface area (Å²) in [5.41, 5.74) is 4.50. The number of nitrogens with zero attached hydrogens (tertiary/aromatic N) is 3. The van der Waals surface area contributed by atoms with Gasteiger partial charge in [0.1, 0.15) is 0 Å². The topological polar surface area (TPSA) is 69.2 Å². The molecule has 1 N–H and O–H groups in total. The molecule has 0 radical (unpaired) electrons. The van der Waals surface area contributed by atoms with Crippen LogP contribution in [0, 0.1) is 13.8 Å². The first-order valence-corrected chi connectivity index (χ1v) is 9.22. The van der Waals surface area contributed by atoms with Gasteiger partial charge in [-0.05, 0) is 39.2 Å². The number of ether oxygens (including phenoxy) is 2. The Morgan fingerprint density at radius 2 is 1.58 bits per heavy atom. The molecule has 142 valence electrons. The van der Waals surface area contributed by atoms with Crippen LogP contribution in [0.2, 0.25) is 0 Å². The highest BCUT2D eigenvalue weighted by molar-refractivity contribution is 5.68. The zero-order valence-corrected chi connectivity index (χ0v) is 16.9. The minimum absolute atomic E-state index is 0.347. The van der Waals surface area contributed by atoms with E-state index in [-0.39, 0.29) is 0 Å². The summed E-state index contributed by atoms with van der Waals surface area (Å²) < 4.78 is 10.9. The summed E-state index contributed by atoms with van der Waals surface area (Å²) in [6, 6.07) is 2.44. The lowest BCUT2D eigenvalue weighted by Gasteiger charge is -2.19. The second kappa shape index (κ2) is 8.83. The van der Waals surface area contributed by atoms with Crippen LogP contribution in [-0.4, -0.2) is 35.2 Å². The minimum atomic E-state index is 0.347. The van der Waals surface area contributed by atoms with Gasteiger partial charge in [0.15, 0.2) is 5.82 Å². The molecular weight excluding hydrogens is 328 g/mol. The predicted molar refractivity (Wildman–Crippen MR) is 105 cm³/mol. The molecular formula is C20H30N4O2. The van der Waals surface area contributed by atoms with E-state index in [2.05, 4.69) is 37.1 Å². The van der Waals surface area contributed by atoms with Crippen LogP contribution in [0.5, 0.6) is 11.8 Å². The van der Waals surface area contributed by atoms with E-state index >= 15 is 0 Å². The van der Waals surface area contributed by atoms with Gasteiger partial charge < -0.3 is 14.8 Å². The quantitative estimate of drug-likeness (QED) is 0.757. The Balaban J connectivity index is 2.54. The standard InChI is InChI=1S/C20H30N4O2/c1-8-14-11-16(12(4)22-19(14)25-6)17-13(5)21-18(20(24-17)26-7)23-15(9-2)10-3/h11,15H,8-10H2,1-7H3,(H,21,23). The fourth-order valence-corrected chi connectivity index (χ4v) is 2.98. The molecule has 0 fully saturated rings. The largest absolute Gasteiger partial charge is 0.481 e. The van der Waals surface area contributed by atoms with Crippen LogP contribution in [0.1, 0.15) is 50.6 Å². The third kappa shape index (κ3) is 4.06. The summed E-state index contributed by atoms with van der Waals surface area (Å²) in [6.45, 7) is 10.3. The van der Waals surface area contributed by atoms with Crippen LogP contribution in [0.3, 0.4) is 0 Å². The van der Waals surface area contributed by atoms with E-state index in [0.29, 0.717) is 23.6 Å².